The second-order valence-corrected chi connectivity index (χ2v) is 5.17. The molecule has 0 fully saturated rings. The van der Waals surface area contributed by atoms with Crippen LogP contribution < -0.4 is 5.32 Å². The highest BCUT2D eigenvalue weighted by Gasteiger charge is 2.14. The van der Waals surface area contributed by atoms with Gasteiger partial charge in [-0.05, 0) is 25.3 Å². The Morgan fingerprint density at radius 2 is 2.00 bits per heavy atom. The molecule has 0 rings (SSSR count). The summed E-state index contributed by atoms with van der Waals surface area (Å²) in [5.41, 5.74) is 0.347. The highest BCUT2D eigenvalue weighted by molar-refractivity contribution is 5.72. The van der Waals surface area contributed by atoms with Gasteiger partial charge in [-0.2, -0.15) is 0 Å². The van der Waals surface area contributed by atoms with Crippen LogP contribution in [0.25, 0.3) is 0 Å². The van der Waals surface area contributed by atoms with E-state index in [1.165, 1.54) is 0 Å². The van der Waals surface area contributed by atoms with E-state index in [0.717, 1.165) is 13.0 Å². The van der Waals surface area contributed by atoms with Gasteiger partial charge in [0.2, 0.25) is 0 Å². The van der Waals surface area contributed by atoms with Crippen LogP contribution >= 0.6 is 0 Å². The molecule has 90 valence electrons. The Labute approximate surface area is 93.6 Å². The molecule has 1 atom stereocenters. The fraction of sp³-hybridized carbons (Fsp3) is 0.917. The molecule has 0 radical (unpaired) electrons. The number of hydrogen-bond acceptors (Lipinski definition) is 3. The molecule has 0 heterocycles. The molecular weight excluding hydrogens is 190 g/mol. The lowest BCUT2D eigenvalue weighted by molar-refractivity contribution is -0.147. The van der Waals surface area contributed by atoms with E-state index in [9.17, 15) is 4.79 Å². The number of rotatable bonds is 6. The third kappa shape index (κ3) is 8.43. The minimum absolute atomic E-state index is 0.0510. The van der Waals surface area contributed by atoms with Crippen molar-refractivity contribution in [2.75, 3.05) is 19.7 Å². The minimum Gasteiger partial charge on any atom is -0.466 e. The van der Waals surface area contributed by atoms with Crippen molar-refractivity contribution in [2.45, 2.75) is 41.0 Å². The quantitative estimate of drug-likeness (QED) is 0.545. The van der Waals surface area contributed by atoms with Gasteiger partial charge in [-0.25, -0.2) is 0 Å². The maximum absolute atomic E-state index is 11.3. The average molecular weight is 215 g/mol. The third-order valence-corrected chi connectivity index (χ3v) is 2.19. The first-order chi connectivity index (χ1) is 6.87. The zero-order chi connectivity index (χ0) is 11.9. The number of hydrogen-bond donors (Lipinski definition) is 1. The smallest absolute Gasteiger partial charge is 0.309 e. The average Bonchev–Trinajstić information content (AvgIpc) is 2.11. The summed E-state index contributed by atoms with van der Waals surface area (Å²) in [6.45, 7) is 12.5. The Balaban J connectivity index is 3.55. The highest BCUT2D eigenvalue weighted by atomic mass is 16.5. The van der Waals surface area contributed by atoms with Crippen LogP contribution in [0.2, 0.25) is 0 Å². The zero-order valence-electron chi connectivity index (χ0n) is 10.7. The van der Waals surface area contributed by atoms with Gasteiger partial charge in [0.05, 0.1) is 12.5 Å². The maximum Gasteiger partial charge on any atom is 0.309 e. The summed E-state index contributed by atoms with van der Waals surface area (Å²) in [5.74, 6) is -0.161. The first-order valence-corrected chi connectivity index (χ1v) is 5.74. The molecule has 3 nitrogen and oxygen atoms in total. The Kier molecular flexibility index (Phi) is 6.57. The topological polar surface area (TPSA) is 38.3 Å². The Morgan fingerprint density at radius 3 is 2.47 bits per heavy atom. The lowest BCUT2D eigenvalue weighted by Crippen LogP contribution is -2.30. The van der Waals surface area contributed by atoms with Gasteiger partial charge in [0.1, 0.15) is 0 Å². The van der Waals surface area contributed by atoms with Crippen molar-refractivity contribution >= 4 is 5.97 Å². The standard InChI is InChI=1S/C12H25NO2/c1-6-15-11(14)10(2)9-13-8-7-12(3,4)5/h10,13H,6-9H2,1-5H3. The molecule has 1 unspecified atom stereocenters. The summed E-state index contributed by atoms with van der Waals surface area (Å²) >= 11 is 0. The van der Waals surface area contributed by atoms with Gasteiger partial charge in [0.25, 0.3) is 0 Å². The largest absolute Gasteiger partial charge is 0.466 e. The summed E-state index contributed by atoms with van der Waals surface area (Å²) in [5, 5.41) is 3.28. The molecule has 0 bridgehead atoms. The fourth-order valence-electron chi connectivity index (χ4n) is 1.15. The van der Waals surface area contributed by atoms with E-state index in [-0.39, 0.29) is 11.9 Å². The van der Waals surface area contributed by atoms with E-state index in [4.69, 9.17) is 4.74 Å². The molecule has 0 saturated carbocycles. The van der Waals surface area contributed by atoms with Crippen molar-refractivity contribution in [2.24, 2.45) is 11.3 Å². The summed E-state index contributed by atoms with van der Waals surface area (Å²) < 4.78 is 4.92. The van der Waals surface area contributed by atoms with Crippen LogP contribution in [0.15, 0.2) is 0 Å². The predicted octanol–water partition coefficient (Wildman–Crippen LogP) is 2.21. The summed E-state index contributed by atoms with van der Waals surface area (Å²) in [6.07, 6.45) is 1.11. The minimum atomic E-state index is -0.110. The SMILES string of the molecule is CCOC(=O)C(C)CNCCC(C)(C)C. The van der Waals surface area contributed by atoms with Crippen molar-refractivity contribution in [1.29, 1.82) is 0 Å². The van der Waals surface area contributed by atoms with Crippen molar-refractivity contribution in [3.05, 3.63) is 0 Å². The van der Waals surface area contributed by atoms with Crippen molar-refractivity contribution < 1.29 is 9.53 Å². The van der Waals surface area contributed by atoms with Crippen LogP contribution in [0.5, 0.6) is 0 Å². The third-order valence-electron chi connectivity index (χ3n) is 2.19. The van der Waals surface area contributed by atoms with E-state index in [1.807, 2.05) is 13.8 Å². The van der Waals surface area contributed by atoms with Crippen LogP contribution in [0.4, 0.5) is 0 Å². The van der Waals surface area contributed by atoms with Gasteiger partial charge in [-0.3, -0.25) is 4.79 Å². The van der Waals surface area contributed by atoms with Crippen molar-refractivity contribution in [3.8, 4) is 0 Å². The van der Waals surface area contributed by atoms with Crippen LogP contribution in [-0.2, 0) is 9.53 Å². The molecule has 0 aromatic carbocycles. The predicted molar refractivity (Wildman–Crippen MR) is 62.7 cm³/mol. The molecule has 15 heavy (non-hydrogen) atoms. The molecule has 0 aromatic heterocycles. The molecular formula is C12H25NO2. The van der Waals surface area contributed by atoms with E-state index >= 15 is 0 Å². The second kappa shape index (κ2) is 6.83. The Bertz CT molecular complexity index is 185. The Hall–Kier alpha value is -0.570. The molecule has 0 aliphatic heterocycles. The van der Waals surface area contributed by atoms with Crippen LogP contribution in [-0.4, -0.2) is 25.7 Å². The van der Waals surface area contributed by atoms with E-state index in [1.54, 1.807) is 0 Å². The summed E-state index contributed by atoms with van der Waals surface area (Å²) in [6, 6.07) is 0. The Morgan fingerprint density at radius 1 is 1.40 bits per heavy atom. The molecule has 0 spiro atoms. The van der Waals surface area contributed by atoms with Gasteiger partial charge in [0, 0.05) is 6.54 Å². The number of ether oxygens (including phenoxy) is 1. The molecule has 0 aliphatic carbocycles. The van der Waals surface area contributed by atoms with Crippen LogP contribution in [0, 0.1) is 11.3 Å². The first kappa shape index (κ1) is 14.4. The number of carbonyl (C=O) groups is 1. The van der Waals surface area contributed by atoms with Gasteiger partial charge in [-0.1, -0.05) is 27.7 Å². The zero-order valence-corrected chi connectivity index (χ0v) is 10.7. The van der Waals surface area contributed by atoms with Crippen LogP contribution in [0.1, 0.15) is 41.0 Å². The first-order valence-electron chi connectivity index (χ1n) is 5.74. The van der Waals surface area contributed by atoms with Crippen molar-refractivity contribution in [1.82, 2.24) is 5.32 Å². The van der Waals surface area contributed by atoms with E-state index in [0.29, 0.717) is 18.6 Å². The monoisotopic (exact) mass is 215 g/mol. The number of nitrogens with one attached hydrogen (secondary N) is 1. The van der Waals surface area contributed by atoms with Crippen molar-refractivity contribution in [3.63, 3.8) is 0 Å². The van der Waals surface area contributed by atoms with Gasteiger partial charge < -0.3 is 10.1 Å². The highest BCUT2D eigenvalue weighted by Crippen LogP contribution is 2.16. The summed E-state index contributed by atoms with van der Waals surface area (Å²) in [4.78, 5) is 11.3. The van der Waals surface area contributed by atoms with Gasteiger partial charge >= 0.3 is 5.97 Å². The van der Waals surface area contributed by atoms with Gasteiger partial charge in [-0.15, -0.1) is 0 Å². The molecule has 0 amide bonds. The lowest BCUT2D eigenvalue weighted by Gasteiger charge is -2.19. The normalized spacial score (nSPS) is 13.7. The second-order valence-electron chi connectivity index (χ2n) is 5.17. The molecule has 3 heteroatoms. The number of carbonyl (C=O) groups excluding carboxylic acids is 1. The maximum atomic E-state index is 11.3. The fourth-order valence-corrected chi connectivity index (χ4v) is 1.15. The lowest BCUT2D eigenvalue weighted by atomic mass is 9.92. The van der Waals surface area contributed by atoms with Gasteiger partial charge in [0.15, 0.2) is 0 Å². The molecule has 1 N–H and O–H groups in total. The summed E-state index contributed by atoms with van der Waals surface area (Å²) in [7, 11) is 0. The van der Waals surface area contributed by atoms with E-state index < -0.39 is 0 Å². The molecule has 0 aromatic rings. The van der Waals surface area contributed by atoms with Crippen LogP contribution in [0.3, 0.4) is 0 Å². The van der Waals surface area contributed by atoms with E-state index in [2.05, 4.69) is 26.1 Å². The number of esters is 1. The molecule has 0 aliphatic rings. The molecule has 0 saturated heterocycles.